The third kappa shape index (κ3) is 6.18. The van der Waals surface area contributed by atoms with Crippen molar-refractivity contribution in [1.29, 1.82) is 0 Å². The summed E-state index contributed by atoms with van der Waals surface area (Å²) < 4.78 is 5.14. The molecule has 6 heteroatoms. The molecule has 0 amide bonds. The number of rotatable bonds is 5. The molecule has 3 N–H and O–H groups in total. The van der Waals surface area contributed by atoms with Crippen molar-refractivity contribution >= 4 is 35.6 Å². The molecule has 1 saturated heterocycles. The SMILES string of the molecule is COc1ccc(NC(N)=NCC(C)N2CCCCC2C)cc1.I. The Bertz CT molecular complexity index is 492. The van der Waals surface area contributed by atoms with E-state index in [9.17, 15) is 0 Å². The molecule has 1 aliphatic rings. The zero-order chi connectivity index (χ0) is 15.9. The summed E-state index contributed by atoms with van der Waals surface area (Å²) in [6.45, 7) is 6.42. The van der Waals surface area contributed by atoms with Gasteiger partial charge in [0.25, 0.3) is 0 Å². The Balaban J connectivity index is 0.00000264. The minimum absolute atomic E-state index is 0. The number of nitrogens with one attached hydrogen (secondary N) is 1. The van der Waals surface area contributed by atoms with Crippen molar-refractivity contribution in [1.82, 2.24) is 4.90 Å². The summed E-state index contributed by atoms with van der Waals surface area (Å²) in [4.78, 5) is 7.02. The normalized spacial score (nSPS) is 20.5. The molecular weight excluding hydrogens is 403 g/mol. The topological polar surface area (TPSA) is 62.9 Å². The van der Waals surface area contributed by atoms with Crippen LogP contribution in [0.2, 0.25) is 0 Å². The summed E-state index contributed by atoms with van der Waals surface area (Å²) in [5, 5.41) is 3.12. The average Bonchev–Trinajstić information content (AvgIpc) is 2.54. The second kappa shape index (κ2) is 9.97. The number of nitrogens with zero attached hydrogens (tertiary/aromatic N) is 2. The van der Waals surface area contributed by atoms with Crippen molar-refractivity contribution in [3.63, 3.8) is 0 Å². The van der Waals surface area contributed by atoms with Crippen molar-refractivity contribution in [3.05, 3.63) is 24.3 Å². The molecule has 1 fully saturated rings. The molecule has 1 aliphatic heterocycles. The zero-order valence-corrected chi connectivity index (χ0v) is 16.6. The monoisotopic (exact) mass is 432 g/mol. The van der Waals surface area contributed by atoms with Crippen LogP contribution < -0.4 is 15.8 Å². The van der Waals surface area contributed by atoms with Crippen LogP contribution in [0, 0.1) is 0 Å². The van der Waals surface area contributed by atoms with E-state index >= 15 is 0 Å². The average molecular weight is 432 g/mol. The lowest BCUT2D eigenvalue weighted by atomic mass is 10.0. The predicted octanol–water partition coefficient (Wildman–Crippen LogP) is 3.30. The highest BCUT2D eigenvalue weighted by molar-refractivity contribution is 14.0. The van der Waals surface area contributed by atoms with Crippen LogP contribution in [0.25, 0.3) is 0 Å². The van der Waals surface area contributed by atoms with Crippen LogP contribution in [-0.4, -0.2) is 43.1 Å². The van der Waals surface area contributed by atoms with E-state index < -0.39 is 0 Å². The van der Waals surface area contributed by atoms with Gasteiger partial charge in [0.15, 0.2) is 5.96 Å². The van der Waals surface area contributed by atoms with E-state index in [0.29, 0.717) is 18.0 Å². The summed E-state index contributed by atoms with van der Waals surface area (Å²) in [6, 6.07) is 8.72. The summed E-state index contributed by atoms with van der Waals surface area (Å²) in [5.41, 5.74) is 6.90. The predicted molar refractivity (Wildman–Crippen MR) is 108 cm³/mol. The lowest BCUT2D eigenvalue weighted by molar-refractivity contribution is 0.118. The molecule has 0 radical (unpaired) electrons. The summed E-state index contributed by atoms with van der Waals surface area (Å²) >= 11 is 0. The molecule has 2 unspecified atom stereocenters. The number of ether oxygens (including phenoxy) is 1. The first-order valence-electron chi connectivity index (χ1n) is 8.07. The Morgan fingerprint density at radius 3 is 2.70 bits per heavy atom. The number of nitrogens with two attached hydrogens (primary N) is 1. The molecule has 23 heavy (non-hydrogen) atoms. The fourth-order valence-corrected chi connectivity index (χ4v) is 2.97. The number of hydrogen-bond acceptors (Lipinski definition) is 3. The lowest BCUT2D eigenvalue weighted by Crippen LogP contribution is -2.45. The Morgan fingerprint density at radius 1 is 1.39 bits per heavy atom. The van der Waals surface area contributed by atoms with E-state index in [2.05, 4.69) is 29.1 Å². The van der Waals surface area contributed by atoms with Gasteiger partial charge in [-0.05, 0) is 57.5 Å². The van der Waals surface area contributed by atoms with E-state index in [0.717, 1.165) is 18.0 Å². The van der Waals surface area contributed by atoms with E-state index in [1.807, 2.05) is 24.3 Å². The van der Waals surface area contributed by atoms with Crippen molar-refractivity contribution < 1.29 is 4.74 Å². The number of piperidine rings is 1. The van der Waals surface area contributed by atoms with Gasteiger partial charge in [0.05, 0.1) is 13.7 Å². The fraction of sp³-hybridized carbons (Fsp3) is 0.588. The number of halogens is 1. The van der Waals surface area contributed by atoms with E-state index in [4.69, 9.17) is 10.5 Å². The van der Waals surface area contributed by atoms with E-state index in [-0.39, 0.29) is 24.0 Å². The fourth-order valence-electron chi connectivity index (χ4n) is 2.97. The first-order valence-corrected chi connectivity index (χ1v) is 8.07. The third-order valence-electron chi connectivity index (χ3n) is 4.31. The molecule has 0 aromatic heterocycles. The molecule has 2 rings (SSSR count). The van der Waals surface area contributed by atoms with Crippen LogP contribution in [0.4, 0.5) is 5.69 Å². The summed E-state index contributed by atoms with van der Waals surface area (Å²) in [5.74, 6) is 1.29. The van der Waals surface area contributed by atoms with Crippen molar-refractivity contribution in [2.24, 2.45) is 10.7 Å². The van der Waals surface area contributed by atoms with Crippen LogP contribution in [0.15, 0.2) is 29.3 Å². The maximum absolute atomic E-state index is 5.98. The second-order valence-electron chi connectivity index (χ2n) is 6.01. The first kappa shape index (κ1) is 20.0. The molecule has 0 aliphatic carbocycles. The van der Waals surface area contributed by atoms with Gasteiger partial charge in [-0.15, -0.1) is 24.0 Å². The number of anilines is 1. The van der Waals surface area contributed by atoms with Crippen LogP contribution in [0.1, 0.15) is 33.1 Å². The van der Waals surface area contributed by atoms with Gasteiger partial charge in [0.1, 0.15) is 5.75 Å². The number of benzene rings is 1. The highest BCUT2D eigenvalue weighted by atomic mass is 127. The molecular formula is C17H29IN4O. The van der Waals surface area contributed by atoms with Crippen molar-refractivity contribution in [3.8, 4) is 5.75 Å². The molecule has 0 spiro atoms. The largest absolute Gasteiger partial charge is 0.497 e. The number of guanidine groups is 1. The number of likely N-dealkylation sites (tertiary alicyclic amines) is 1. The van der Waals surface area contributed by atoms with Crippen LogP contribution in [0.5, 0.6) is 5.75 Å². The molecule has 0 bridgehead atoms. The van der Waals surface area contributed by atoms with Gasteiger partial charge in [-0.1, -0.05) is 6.42 Å². The Kier molecular flexibility index (Phi) is 8.68. The second-order valence-corrected chi connectivity index (χ2v) is 6.01. The van der Waals surface area contributed by atoms with E-state index in [1.54, 1.807) is 7.11 Å². The first-order chi connectivity index (χ1) is 10.6. The molecule has 1 heterocycles. The van der Waals surface area contributed by atoms with Crippen LogP contribution in [0.3, 0.4) is 0 Å². The Labute approximate surface area is 156 Å². The molecule has 2 atom stereocenters. The van der Waals surface area contributed by atoms with E-state index in [1.165, 1.54) is 25.8 Å². The summed E-state index contributed by atoms with van der Waals surface area (Å²) in [7, 11) is 1.65. The van der Waals surface area contributed by atoms with Gasteiger partial charge in [-0.3, -0.25) is 9.89 Å². The Hall–Kier alpha value is -1.02. The highest BCUT2D eigenvalue weighted by Gasteiger charge is 2.22. The number of methoxy groups -OCH3 is 1. The maximum Gasteiger partial charge on any atom is 0.193 e. The number of aliphatic imine (C=N–C) groups is 1. The lowest BCUT2D eigenvalue weighted by Gasteiger charge is -2.37. The van der Waals surface area contributed by atoms with Crippen molar-refractivity contribution in [2.75, 3.05) is 25.5 Å². The van der Waals surface area contributed by atoms with Gasteiger partial charge in [-0.2, -0.15) is 0 Å². The van der Waals surface area contributed by atoms with Gasteiger partial charge >= 0.3 is 0 Å². The Morgan fingerprint density at radius 2 is 2.09 bits per heavy atom. The molecule has 130 valence electrons. The smallest absolute Gasteiger partial charge is 0.193 e. The standard InChI is InChI=1S/C17H28N4O.HI/c1-13-6-4-5-11-21(13)14(2)12-19-17(18)20-15-7-9-16(22-3)10-8-15;/h7-10,13-14H,4-6,11-12H2,1-3H3,(H3,18,19,20);1H. The van der Waals surface area contributed by atoms with Crippen LogP contribution in [-0.2, 0) is 0 Å². The summed E-state index contributed by atoms with van der Waals surface area (Å²) in [6.07, 6.45) is 3.92. The van der Waals surface area contributed by atoms with Crippen LogP contribution >= 0.6 is 24.0 Å². The minimum atomic E-state index is 0. The number of hydrogen-bond donors (Lipinski definition) is 2. The molecule has 1 aromatic carbocycles. The quantitative estimate of drug-likeness (QED) is 0.426. The van der Waals surface area contributed by atoms with Gasteiger partial charge in [-0.25, -0.2) is 0 Å². The minimum Gasteiger partial charge on any atom is -0.497 e. The van der Waals surface area contributed by atoms with Gasteiger partial charge in [0, 0.05) is 17.8 Å². The maximum atomic E-state index is 5.98. The zero-order valence-electron chi connectivity index (χ0n) is 14.3. The highest BCUT2D eigenvalue weighted by Crippen LogP contribution is 2.19. The third-order valence-corrected chi connectivity index (χ3v) is 4.31. The van der Waals surface area contributed by atoms with Gasteiger partial charge < -0.3 is 15.8 Å². The molecule has 0 saturated carbocycles. The molecule has 1 aromatic rings. The molecule has 5 nitrogen and oxygen atoms in total. The van der Waals surface area contributed by atoms with Gasteiger partial charge in [0.2, 0.25) is 0 Å². The van der Waals surface area contributed by atoms with Crippen molar-refractivity contribution in [2.45, 2.75) is 45.2 Å².